The van der Waals surface area contributed by atoms with E-state index in [0.717, 1.165) is 4.90 Å². The number of aliphatic carboxylic acids is 2. The van der Waals surface area contributed by atoms with E-state index in [1.54, 1.807) is 0 Å². The van der Waals surface area contributed by atoms with Crippen LogP contribution in [0.1, 0.15) is 0 Å². The van der Waals surface area contributed by atoms with E-state index >= 15 is 0 Å². The van der Waals surface area contributed by atoms with Gasteiger partial charge in [-0.05, 0) is 0 Å². The lowest BCUT2D eigenvalue weighted by Crippen LogP contribution is -2.38. The summed E-state index contributed by atoms with van der Waals surface area (Å²) in [5.74, 6) is -2.54. The highest BCUT2D eigenvalue weighted by Gasteiger charge is 2.17. The van der Waals surface area contributed by atoms with E-state index in [2.05, 4.69) is 0 Å². The zero-order valence-corrected chi connectivity index (χ0v) is 8.36. The molecule has 0 bridgehead atoms. The van der Waals surface area contributed by atoms with Crippen LogP contribution in [0.15, 0.2) is 0 Å². The van der Waals surface area contributed by atoms with Crippen molar-refractivity contribution in [2.75, 3.05) is 19.6 Å². The molecule has 8 nitrogen and oxygen atoms in total. The summed E-state index contributed by atoms with van der Waals surface area (Å²) in [6.45, 7) is -1.68. The molecule has 1 unspecified atom stereocenters. The Morgan fingerprint density at radius 2 is 1.53 bits per heavy atom. The third kappa shape index (κ3) is 6.71. The summed E-state index contributed by atoms with van der Waals surface area (Å²) < 4.78 is 18.8. The standard InChI is InChI=1S/C6H10N2O6S/c7-4(15(13)14)1-8(2-5(9)10)3-6(11)12/h7H,1-3H2,(H,9,10)(H,11,12)(H,13,14). The zero-order valence-electron chi connectivity index (χ0n) is 7.54. The predicted molar refractivity (Wildman–Crippen MR) is 50.2 cm³/mol. The van der Waals surface area contributed by atoms with Gasteiger partial charge in [0.25, 0.3) is 0 Å². The van der Waals surface area contributed by atoms with Crippen LogP contribution in [0.4, 0.5) is 0 Å². The van der Waals surface area contributed by atoms with Crippen molar-refractivity contribution in [3.05, 3.63) is 0 Å². The highest BCUT2D eigenvalue weighted by atomic mass is 32.2. The van der Waals surface area contributed by atoms with Gasteiger partial charge in [-0.2, -0.15) is 0 Å². The molecule has 0 fully saturated rings. The maximum atomic E-state index is 10.4. The second kappa shape index (κ2) is 6.22. The van der Waals surface area contributed by atoms with Gasteiger partial charge in [-0.3, -0.25) is 19.9 Å². The van der Waals surface area contributed by atoms with Crippen molar-refractivity contribution in [2.24, 2.45) is 0 Å². The monoisotopic (exact) mass is 238 g/mol. The van der Waals surface area contributed by atoms with Crippen LogP contribution in [0, 0.1) is 5.41 Å². The Kier molecular flexibility index (Phi) is 5.67. The van der Waals surface area contributed by atoms with Crippen molar-refractivity contribution in [3.63, 3.8) is 0 Å². The van der Waals surface area contributed by atoms with Crippen LogP contribution in [0.5, 0.6) is 0 Å². The van der Waals surface area contributed by atoms with Crippen LogP contribution in [0.25, 0.3) is 0 Å². The van der Waals surface area contributed by atoms with Crippen molar-refractivity contribution >= 4 is 28.1 Å². The van der Waals surface area contributed by atoms with Crippen LogP contribution in [0.2, 0.25) is 0 Å². The molecular weight excluding hydrogens is 228 g/mol. The fourth-order valence-corrected chi connectivity index (χ4v) is 1.10. The molecule has 0 aliphatic heterocycles. The first-order valence-electron chi connectivity index (χ1n) is 3.67. The Morgan fingerprint density at radius 1 is 1.13 bits per heavy atom. The average molecular weight is 238 g/mol. The van der Waals surface area contributed by atoms with Crippen molar-refractivity contribution in [1.82, 2.24) is 4.90 Å². The van der Waals surface area contributed by atoms with Crippen LogP contribution < -0.4 is 0 Å². The maximum Gasteiger partial charge on any atom is 0.317 e. The lowest BCUT2D eigenvalue weighted by molar-refractivity contribution is -0.141. The van der Waals surface area contributed by atoms with Crippen molar-refractivity contribution in [1.29, 1.82) is 5.41 Å². The van der Waals surface area contributed by atoms with E-state index in [4.69, 9.17) is 20.2 Å². The maximum absolute atomic E-state index is 10.4. The minimum Gasteiger partial charge on any atom is -0.480 e. The molecule has 9 heteroatoms. The van der Waals surface area contributed by atoms with Crippen LogP contribution in [-0.2, 0) is 20.7 Å². The second-order valence-electron chi connectivity index (χ2n) is 2.60. The lowest BCUT2D eigenvalue weighted by atomic mass is 10.4. The summed E-state index contributed by atoms with van der Waals surface area (Å²) in [6, 6.07) is 0. The molecular formula is C6H10N2O6S. The number of hydrogen-bond donors (Lipinski definition) is 4. The zero-order chi connectivity index (χ0) is 12.0. The minimum absolute atomic E-state index is 0.471. The van der Waals surface area contributed by atoms with Gasteiger partial charge in [-0.25, -0.2) is 4.21 Å². The minimum atomic E-state index is -2.50. The van der Waals surface area contributed by atoms with Crippen LogP contribution >= 0.6 is 0 Å². The van der Waals surface area contributed by atoms with Gasteiger partial charge in [0.2, 0.25) is 11.1 Å². The Balaban J connectivity index is 4.36. The van der Waals surface area contributed by atoms with Gasteiger partial charge < -0.3 is 14.8 Å². The number of nitrogens with one attached hydrogen (secondary N) is 1. The number of rotatable bonds is 6. The SMILES string of the molecule is N=C(CN(CC(=O)O)CC(=O)O)S(=O)O. The Bertz CT molecular complexity index is 288. The predicted octanol–water partition coefficient (Wildman–Crippen LogP) is -1.34. The fourth-order valence-electron chi connectivity index (χ4n) is 0.809. The highest BCUT2D eigenvalue weighted by Crippen LogP contribution is 1.91. The summed E-state index contributed by atoms with van der Waals surface area (Å²) in [6.07, 6.45) is 0. The first kappa shape index (κ1) is 13.7. The molecule has 15 heavy (non-hydrogen) atoms. The molecule has 86 valence electrons. The molecule has 0 amide bonds. The smallest absolute Gasteiger partial charge is 0.317 e. The Morgan fingerprint density at radius 3 is 1.80 bits per heavy atom. The van der Waals surface area contributed by atoms with Gasteiger partial charge in [-0.15, -0.1) is 0 Å². The van der Waals surface area contributed by atoms with E-state index in [1.807, 2.05) is 0 Å². The summed E-state index contributed by atoms with van der Waals surface area (Å²) in [7, 11) is 0. The molecule has 0 aliphatic carbocycles. The summed E-state index contributed by atoms with van der Waals surface area (Å²) >= 11 is -2.50. The molecule has 0 rings (SSSR count). The molecule has 0 saturated heterocycles. The molecule has 0 spiro atoms. The molecule has 0 aromatic rings. The average Bonchev–Trinajstić information content (AvgIpc) is 2.00. The quantitative estimate of drug-likeness (QED) is 0.255. The van der Waals surface area contributed by atoms with Crippen LogP contribution in [0.3, 0.4) is 0 Å². The largest absolute Gasteiger partial charge is 0.480 e. The van der Waals surface area contributed by atoms with E-state index in [1.165, 1.54) is 0 Å². The topological polar surface area (TPSA) is 139 Å². The molecule has 1 atom stereocenters. The number of carboxylic acid groups (broad SMARTS) is 2. The number of nitrogens with zero attached hydrogens (tertiary/aromatic N) is 1. The Labute approximate surface area is 87.3 Å². The normalized spacial score (nSPS) is 12.4. The number of hydrogen-bond acceptors (Lipinski definition) is 5. The number of carboxylic acids is 2. The molecule has 0 heterocycles. The van der Waals surface area contributed by atoms with Gasteiger partial charge >= 0.3 is 11.9 Å². The van der Waals surface area contributed by atoms with Crippen molar-refractivity contribution in [3.8, 4) is 0 Å². The Hall–Kier alpha value is -1.32. The first-order valence-corrected chi connectivity index (χ1v) is 4.77. The molecule has 0 aromatic carbocycles. The second-order valence-corrected chi connectivity index (χ2v) is 3.60. The third-order valence-electron chi connectivity index (χ3n) is 1.30. The van der Waals surface area contributed by atoms with Gasteiger partial charge in [0, 0.05) is 0 Å². The van der Waals surface area contributed by atoms with Crippen LogP contribution in [-0.4, -0.2) is 60.5 Å². The summed E-state index contributed by atoms with van der Waals surface area (Å²) in [5, 5.41) is 23.2. The molecule has 0 aliphatic rings. The van der Waals surface area contributed by atoms with E-state index in [-0.39, 0.29) is 0 Å². The van der Waals surface area contributed by atoms with Gasteiger partial charge in [0.15, 0.2) is 0 Å². The summed E-state index contributed by atoms with van der Waals surface area (Å²) in [4.78, 5) is 21.5. The number of carbonyl (C=O) groups is 2. The molecule has 0 radical (unpaired) electrons. The van der Waals surface area contributed by atoms with E-state index in [9.17, 15) is 13.8 Å². The third-order valence-corrected chi connectivity index (χ3v) is 1.85. The van der Waals surface area contributed by atoms with E-state index < -0.39 is 47.7 Å². The van der Waals surface area contributed by atoms with Gasteiger partial charge in [-0.1, -0.05) is 0 Å². The van der Waals surface area contributed by atoms with Gasteiger partial charge in [0.05, 0.1) is 19.6 Å². The molecule has 4 N–H and O–H groups in total. The highest BCUT2D eigenvalue weighted by molar-refractivity contribution is 7.95. The van der Waals surface area contributed by atoms with E-state index in [0.29, 0.717) is 0 Å². The molecule has 0 aromatic heterocycles. The van der Waals surface area contributed by atoms with Gasteiger partial charge in [0.1, 0.15) is 5.04 Å². The van der Waals surface area contributed by atoms with Crippen molar-refractivity contribution < 1.29 is 28.6 Å². The summed E-state index contributed by atoms with van der Waals surface area (Å²) in [5.41, 5.74) is 0. The first-order chi connectivity index (χ1) is 6.82. The lowest BCUT2D eigenvalue weighted by Gasteiger charge is -2.16. The molecule has 0 saturated carbocycles. The fraction of sp³-hybridized carbons (Fsp3) is 0.500. The van der Waals surface area contributed by atoms with Crippen molar-refractivity contribution in [2.45, 2.75) is 0 Å².